The van der Waals surface area contributed by atoms with Crippen LogP contribution in [0.1, 0.15) is 12.5 Å². The number of esters is 1. The van der Waals surface area contributed by atoms with E-state index < -0.39 is 12.0 Å². The molecule has 0 bridgehead atoms. The minimum atomic E-state index is -0.858. The molecule has 1 N–H and O–H groups in total. The maximum absolute atomic E-state index is 11.5. The Morgan fingerprint density at radius 2 is 1.95 bits per heavy atom. The number of benzene rings is 1. The van der Waals surface area contributed by atoms with Crippen molar-refractivity contribution in [1.29, 1.82) is 0 Å². The molecule has 0 fully saturated rings. The number of rotatable bonds is 6. The second kappa shape index (κ2) is 7.37. The molecule has 0 spiro atoms. The van der Waals surface area contributed by atoms with E-state index in [1.807, 2.05) is 19.1 Å². The second-order valence-electron chi connectivity index (χ2n) is 4.24. The summed E-state index contributed by atoms with van der Waals surface area (Å²) in [6.07, 6.45) is 0. The third-order valence-electron chi connectivity index (χ3n) is 2.59. The van der Waals surface area contributed by atoms with Crippen LogP contribution in [-0.2, 0) is 14.3 Å². The lowest BCUT2D eigenvalue weighted by molar-refractivity contribution is -0.145. The van der Waals surface area contributed by atoms with Crippen LogP contribution in [0, 0.1) is 6.92 Å². The van der Waals surface area contributed by atoms with Crippen LogP contribution in [0.4, 0.5) is 0 Å². The molecule has 20 heavy (non-hydrogen) atoms. The van der Waals surface area contributed by atoms with Crippen molar-refractivity contribution in [1.82, 2.24) is 5.32 Å². The molecule has 1 unspecified atom stereocenters. The van der Waals surface area contributed by atoms with E-state index in [0.717, 1.165) is 5.56 Å². The zero-order chi connectivity index (χ0) is 15.1. The van der Waals surface area contributed by atoms with Gasteiger partial charge in [0.25, 0.3) is 0 Å². The first-order valence-electron chi connectivity index (χ1n) is 6.10. The highest BCUT2D eigenvalue weighted by Crippen LogP contribution is 2.27. The Hall–Kier alpha value is -2.24. The van der Waals surface area contributed by atoms with Gasteiger partial charge in [0.15, 0.2) is 17.5 Å². The largest absolute Gasteiger partial charge is 0.493 e. The summed E-state index contributed by atoms with van der Waals surface area (Å²) in [5, 5.41) is 2.47. The average molecular weight is 281 g/mol. The van der Waals surface area contributed by atoms with Crippen LogP contribution >= 0.6 is 0 Å². The third-order valence-corrected chi connectivity index (χ3v) is 2.59. The highest BCUT2D eigenvalue weighted by molar-refractivity contribution is 5.83. The van der Waals surface area contributed by atoms with Crippen LogP contribution in [0.2, 0.25) is 0 Å². The number of amides is 1. The van der Waals surface area contributed by atoms with E-state index in [-0.39, 0.29) is 12.5 Å². The van der Waals surface area contributed by atoms with Crippen molar-refractivity contribution in [3.63, 3.8) is 0 Å². The third kappa shape index (κ3) is 4.46. The number of hydrogen-bond donors (Lipinski definition) is 1. The number of hydrogen-bond acceptors (Lipinski definition) is 5. The molecule has 110 valence electrons. The van der Waals surface area contributed by atoms with Crippen molar-refractivity contribution in [2.45, 2.75) is 19.9 Å². The molecule has 0 aliphatic heterocycles. The van der Waals surface area contributed by atoms with Crippen LogP contribution in [0.25, 0.3) is 0 Å². The van der Waals surface area contributed by atoms with Gasteiger partial charge in [0.1, 0.15) is 6.61 Å². The summed E-state index contributed by atoms with van der Waals surface area (Å²) in [6.45, 7) is 3.22. The van der Waals surface area contributed by atoms with Gasteiger partial charge in [-0.2, -0.15) is 0 Å². The Morgan fingerprint density at radius 3 is 2.50 bits per heavy atom. The van der Waals surface area contributed by atoms with Crippen LogP contribution in [0.3, 0.4) is 0 Å². The van der Waals surface area contributed by atoms with Crippen molar-refractivity contribution >= 4 is 11.9 Å². The molecule has 1 atom stereocenters. The van der Waals surface area contributed by atoms with Crippen molar-refractivity contribution < 1.29 is 23.8 Å². The van der Waals surface area contributed by atoms with E-state index in [4.69, 9.17) is 9.47 Å². The smallest absolute Gasteiger partial charge is 0.331 e. The van der Waals surface area contributed by atoms with E-state index in [1.165, 1.54) is 21.1 Å². The molecule has 0 radical (unpaired) electrons. The summed E-state index contributed by atoms with van der Waals surface area (Å²) < 4.78 is 15.3. The first-order valence-corrected chi connectivity index (χ1v) is 6.10. The molecule has 6 nitrogen and oxygen atoms in total. The Labute approximate surface area is 118 Å². The Bertz CT molecular complexity index is 486. The fraction of sp³-hybridized carbons (Fsp3) is 0.429. The normalized spacial score (nSPS) is 11.4. The number of methoxy groups -OCH3 is 2. The molecular weight excluding hydrogens is 262 g/mol. The summed E-state index contributed by atoms with van der Waals surface area (Å²) >= 11 is 0. The molecule has 0 aliphatic rings. The van der Waals surface area contributed by atoms with Gasteiger partial charge in [0.05, 0.1) is 14.2 Å². The minimum Gasteiger partial charge on any atom is -0.493 e. The van der Waals surface area contributed by atoms with Gasteiger partial charge in [0.2, 0.25) is 5.91 Å². The molecule has 0 saturated carbocycles. The minimum absolute atomic E-state index is 0.0360. The van der Waals surface area contributed by atoms with Gasteiger partial charge in [-0.05, 0) is 24.6 Å². The Kier molecular flexibility index (Phi) is 5.83. The van der Waals surface area contributed by atoms with Crippen molar-refractivity contribution in [2.24, 2.45) is 0 Å². The van der Waals surface area contributed by atoms with Crippen molar-refractivity contribution in [3.8, 4) is 11.5 Å². The Balaban J connectivity index is 2.76. The lowest BCUT2D eigenvalue weighted by atomic mass is 10.2. The topological polar surface area (TPSA) is 73.9 Å². The van der Waals surface area contributed by atoms with E-state index in [1.54, 1.807) is 6.07 Å². The standard InChI is InChI=1S/C14H19NO5/c1-9-5-6-12(13(7-9)18-3)20-8-11(14(17)19-4)15-10(2)16/h5-7,11H,8H2,1-4H3,(H,15,16). The van der Waals surface area contributed by atoms with Crippen LogP contribution < -0.4 is 14.8 Å². The first kappa shape index (κ1) is 15.8. The predicted molar refractivity (Wildman–Crippen MR) is 72.8 cm³/mol. The quantitative estimate of drug-likeness (QED) is 0.789. The summed E-state index contributed by atoms with van der Waals surface area (Å²) in [7, 11) is 2.79. The number of carbonyl (C=O) groups excluding carboxylic acids is 2. The average Bonchev–Trinajstić information content (AvgIpc) is 2.42. The molecule has 0 aliphatic carbocycles. The predicted octanol–water partition coefficient (Wildman–Crippen LogP) is 1.06. The molecule has 0 heterocycles. The van der Waals surface area contributed by atoms with E-state index in [2.05, 4.69) is 10.1 Å². The maximum atomic E-state index is 11.5. The van der Waals surface area contributed by atoms with Gasteiger partial charge in [-0.25, -0.2) is 4.79 Å². The summed E-state index contributed by atoms with van der Waals surface area (Å²) in [5.41, 5.74) is 1.03. The van der Waals surface area contributed by atoms with Gasteiger partial charge < -0.3 is 19.5 Å². The lowest BCUT2D eigenvalue weighted by Crippen LogP contribution is -2.44. The molecule has 6 heteroatoms. The molecule has 0 aromatic heterocycles. The number of ether oxygens (including phenoxy) is 3. The molecule has 0 saturated heterocycles. The van der Waals surface area contributed by atoms with Gasteiger partial charge in [0, 0.05) is 6.92 Å². The number of nitrogens with one attached hydrogen (secondary N) is 1. The summed E-state index contributed by atoms with van der Waals surface area (Å²) in [4.78, 5) is 22.6. The SMILES string of the molecule is COC(=O)C(COc1ccc(C)cc1OC)NC(C)=O. The fourth-order valence-corrected chi connectivity index (χ4v) is 1.62. The highest BCUT2D eigenvalue weighted by Gasteiger charge is 2.21. The van der Waals surface area contributed by atoms with Crippen LogP contribution in [-0.4, -0.2) is 38.7 Å². The first-order chi connectivity index (χ1) is 9.47. The van der Waals surface area contributed by atoms with Gasteiger partial charge in [-0.3, -0.25) is 4.79 Å². The number of carbonyl (C=O) groups is 2. The molecule has 1 aromatic carbocycles. The van der Waals surface area contributed by atoms with Gasteiger partial charge in [-0.1, -0.05) is 6.07 Å². The number of aryl methyl sites for hydroxylation is 1. The maximum Gasteiger partial charge on any atom is 0.331 e. The molecule has 1 amide bonds. The Morgan fingerprint density at radius 1 is 1.25 bits per heavy atom. The summed E-state index contributed by atoms with van der Waals surface area (Å²) in [6, 6.07) is 4.57. The van der Waals surface area contributed by atoms with Gasteiger partial charge >= 0.3 is 5.97 Å². The van der Waals surface area contributed by atoms with Crippen molar-refractivity contribution in [3.05, 3.63) is 23.8 Å². The lowest BCUT2D eigenvalue weighted by Gasteiger charge is -2.17. The van der Waals surface area contributed by atoms with Crippen LogP contribution in [0.5, 0.6) is 11.5 Å². The van der Waals surface area contributed by atoms with E-state index >= 15 is 0 Å². The van der Waals surface area contributed by atoms with Crippen molar-refractivity contribution in [2.75, 3.05) is 20.8 Å². The molecule has 1 rings (SSSR count). The van der Waals surface area contributed by atoms with Crippen LogP contribution in [0.15, 0.2) is 18.2 Å². The van der Waals surface area contributed by atoms with Gasteiger partial charge in [-0.15, -0.1) is 0 Å². The van der Waals surface area contributed by atoms with E-state index in [0.29, 0.717) is 11.5 Å². The molecular formula is C14H19NO5. The molecule has 1 aromatic rings. The highest BCUT2D eigenvalue weighted by atomic mass is 16.5. The monoisotopic (exact) mass is 281 g/mol. The second-order valence-corrected chi connectivity index (χ2v) is 4.24. The fourth-order valence-electron chi connectivity index (χ4n) is 1.62. The van der Waals surface area contributed by atoms with E-state index in [9.17, 15) is 9.59 Å². The zero-order valence-electron chi connectivity index (χ0n) is 12.1. The zero-order valence-corrected chi connectivity index (χ0v) is 12.1. The summed E-state index contributed by atoms with van der Waals surface area (Å²) in [5.74, 6) is 0.167.